The monoisotopic (exact) mass is 569 g/mol. The van der Waals surface area contributed by atoms with Gasteiger partial charge in [0.2, 0.25) is 0 Å². The Morgan fingerprint density at radius 2 is 1.79 bits per heavy atom. The van der Waals surface area contributed by atoms with Gasteiger partial charge in [0.15, 0.2) is 0 Å². The lowest BCUT2D eigenvalue weighted by Gasteiger charge is -2.33. The summed E-state index contributed by atoms with van der Waals surface area (Å²) in [6.07, 6.45) is 4.04. The summed E-state index contributed by atoms with van der Waals surface area (Å²) in [5.41, 5.74) is 6.61. The summed E-state index contributed by atoms with van der Waals surface area (Å²) in [6, 6.07) is 10.5. The van der Waals surface area contributed by atoms with Crippen LogP contribution in [0.3, 0.4) is 0 Å². The average molecular weight is 570 g/mol. The molecule has 1 atom stereocenters. The summed E-state index contributed by atoms with van der Waals surface area (Å²) < 4.78 is 2.25. The molecular formula is C33H43N7O2. The molecule has 42 heavy (non-hydrogen) atoms. The van der Waals surface area contributed by atoms with Crippen LogP contribution in [0.1, 0.15) is 39.7 Å². The van der Waals surface area contributed by atoms with Crippen molar-refractivity contribution in [3.8, 4) is 11.1 Å². The number of aromatic nitrogens is 3. The molecule has 1 aliphatic heterocycles. The minimum absolute atomic E-state index is 0.157. The second-order valence-electron chi connectivity index (χ2n) is 12.0. The van der Waals surface area contributed by atoms with Gasteiger partial charge in [0.05, 0.1) is 0 Å². The number of nitrogens with zero attached hydrogens (tertiary/aromatic N) is 5. The van der Waals surface area contributed by atoms with Gasteiger partial charge < -0.3 is 29.6 Å². The third kappa shape index (κ3) is 6.12. The third-order valence-electron chi connectivity index (χ3n) is 8.59. The Bertz CT molecular complexity index is 1640. The van der Waals surface area contributed by atoms with E-state index in [4.69, 9.17) is 4.98 Å². The number of anilines is 1. The summed E-state index contributed by atoms with van der Waals surface area (Å²) in [7, 11) is 6.31. The number of likely N-dealkylation sites (N-methyl/N-ethyl adjacent to an activating group) is 2. The minimum atomic E-state index is -0.204. The van der Waals surface area contributed by atoms with Gasteiger partial charge in [-0.15, -0.1) is 0 Å². The molecule has 1 amide bonds. The smallest absolute Gasteiger partial charge is 0.253 e. The fourth-order valence-corrected chi connectivity index (χ4v) is 5.72. The van der Waals surface area contributed by atoms with Crippen molar-refractivity contribution in [3.63, 3.8) is 0 Å². The highest BCUT2D eigenvalue weighted by atomic mass is 16.1. The van der Waals surface area contributed by atoms with Crippen LogP contribution < -0.4 is 15.8 Å². The number of H-pyrrole nitrogens is 1. The molecule has 3 aromatic heterocycles. The number of piperazine rings is 1. The highest BCUT2D eigenvalue weighted by Crippen LogP contribution is 2.32. The SMILES string of the molecule is Cc1cc(C)c(CNC(=O)c2cc(-c3ccc(N4CCN(C)CC4)nc3)cc3c2c(C)cn3CC(C)N(C)C)c(=O)[nH]1. The molecule has 0 saturated carbocycles. The van der Waals surface area contributed by atoms with Crippen LogP contribution in [0.25, 0.3) is 22.0 Å². The number of nitrogens with one attached hydrogen (secondary N) is 2. The predicted octanol–water partition coefficient (Wildman–Crippen LogP) is 3.95. The van der Waals surface area contributed by atoms with Crippen LogP contribution in [0, 0.1) is 20.8 Å². The Kier molecular flexibility index (Phi) is 8.52. The Morgan fingerprint density at radius 3 is 2.43 bits per heavy atom. The minimum Gasteiger partial charge on any atom is -0.354 e. The maximum Gasteiger partial charge on any atom is 0.253 e. The number of aromatic amines is 1. The molecule has 222 valence electrons. The molecule has 1 aromatic carbocycles. The second kappa shape index (κ2) is 12.1. The van der Waals surface area contributed by atoms with Crippen LogP contribution in [0.15, 0.2) is 47.5 Å². The molecule has 1 fully saturated rings. The van der Waals surface area contributed by atoms with Gasteiger partial charge >= 0.3 is 0 Å². The first-order chi connectivity index (χ1) is 20.0. The Morgan fingerprint density at radius 1 is 1.05 bits per heavy atom. The van der Waals surface area contributed by atoms with Gasteiger partial charge in [-0.3, -0.25) is 9.59 Å². The van der Waals surface area contributed by atoms with Gasteiger partial charge in [-0.1, -0.05) is 0 Å². The lowest BCUT2D eigenvalue weighted by molar-refractivity contribution is 0.0952. The zero-order valence-electron chi connectivity index (χ0n) is 25.9. The van der Waals surface area contributed by atoms with Crippen molar-refractivity contribution < 1.29 is 4.79 Å². The highest BCUT2D eigenvalue weighted by Gasteiger charge is 2.21. The first-order valence-electron chi connectivity index (χ1n) is 14.7. The van der Waals surface area contributed by atoms with E-state index < -0.39 is 0 Å². The van der Waals surface area contributed by atoms with Crippen molar-refractivity contribution in [2.75, 3.05) is 52.2 Å². The summed E-state index contributed by atoms with van der Waals surface area (Å²) >= 11 is 0. The zero-order valence-corrected chi connectivity index (χ0v) is 25.9. The summed E-state index contributed by atoms with van der Waals surface area (Å²) in [6.45, 7) is 12.9. The van der Waals surface area contributed by atoms with Crippen molar-refractivity contribution in [1.29, 1.82) is 0 Å². The van der Waals surface area contributed by atoms with E-state index in [1.165, 1.54) is 0 Å². The van der Waals surface area contributed by atoms with E-state index in [-0.39, 0.29) is 18.0 Å². The number of benzene rings is 1. The molecule has 0 radical (unpaired) electrons. The molecule has 0 aliphatic carbocycles. The number of carbonyl (C=O) groups is 1. The van der Waals surface area contributed by atoms with Gasteiger partial charge in [-0.2, -0.15) is 0 Å². The quantitative estimate of drug-likeness (QED) is 0.334. The molecular weight excluding hydrogens is 526 g/mol. The van der Waals surface area contributed by atoms with Crippen LogP contribution in [-0.4, -0.2) is 83.6 Å². The fourth-order valence-electron chi connectivity index (χ4n) is 5.72. The number of amides is 1. The molecule has 9 nitrogen and oxygen atoms in total. The number of pyridine rings is 2. The number of rotatable bonds is 8. The van der Waals surface area contributed by atoms with E-state index in [0.29, 0.717) is 17.2 Å². The van der Waals surface area contributed by atoms with Crippen LogP contribution in [-0.2, 0) is 13.1 Å². The van der Waals surface area contributed by atoms with Crippen molar-refractivity contribution in [2.45, 2.75) is 46.8 Å². The maximum absolute atomic E-state index is 13.8. The van der Waals surface area contributed by atoms with Crippen LogP contribution >= 0.6 is 0 Å². The Labute approximate surface area is 248 Å². The van der Waals surface area contributed by atoms with Gasteiger partial charge in [-0.25, -0.2) is 4.98 Å². The lowest BCUT2D eigenvalue weighted by Crippen LogP contribution is -2.44. The predicted molar refractivity (Wildman–Crippen MR) is 170 cm³/mol. The van der Waals surface area contributed by atoms with Crippen molar-refractivity contribution in [3.05, 3.63) is 81.0 Å². The van der Waals surface area contributed by atoms with Gasteiger partial charge in [0.25, 0.3) is 11.5 Å². The third-order valence-corrected chi connectivity index (χ3v) is 8.59. The molecule has 9 heteroatoms. The first-order valence-corrected chi connectivity index (χ1v) is 14.7. The maximum atomic E-state index is 13.8. The highest BCUT2D eigenvalue weighted by molar-refractivity contribution is 6.09. The van der Waals surface area contributed by atoms with E-state index in [1.807, 2.05) is 32.2 Å². The first kappa shape index (κ1) is 29.5. The largest absolute Gasteiger partial charge is 0.354 e. The second-order valence-corrected chi connectivity index (χ2v) is 12.0. The molecule has 4 heterocycles. The molecule has 0 bridgehead atoms. The van der Waals surface area contributed by atoms with E-state index in [1.54, 1.807) is 0 Å². The Balaban J connectivity index is 1.53. The molecule has 0 spiro atoms. The number of aryl methyl sites for hydroxylation is 3. The molecule has 1 aliphatic rings. The zero-order chi connectivity index (χ0) is 30.1. The Hall–Kier alpha value is -3.95. The van der Waals surface area contributed by atoms with Crippen molar-refractivity contribution >= 4 is 22.6 Å². The fraction of sp³-hybridized carbons (Fsp3) is 0.424. The van der Waals surface area contributed by atoms with Crippen LogP contribution in [0.2, 0.25) is 0 Å². The standard InChI is InChI=1S/C33H43N7O2/c1-21-14-23(3)36-33(42)28(21)18-35-32(41)27-15-26(16-29-31(27)22(2)19-40(29)20-24(4)37(5)6)25-8-9-30(34-17-25)39-12-10-38(7)11-13-39/h8-9,14-17,19,24H,10-13,18,20H2,1-7H3,(H,35,41)(H,36,42). The van der Waals surface area contributed by atoms with E-state index >= 15 is 0 Å². The van der Waals surface area contributed by atoms with Gasteiger partial charge in [-0.05, 0) is 95.9 Å². The summed E-state index contributed by atoms with van der Waals surface area (Å²) in [4.78, 5) is 40.9. The number of carbonyl (C=O) groups excluding carboxylic acids is 1. The van der Waals surface area contributed by atoms with Gasteiger partial charge in [0.1, 0.15) is 5.82 Å². The molecule has 1 unspecified atom stereocenters. The number of hydrogen-bond acceptors (Lipinski definition) is 6. The van der Waals surface area contributed by atoms with E-state index in [0.717, 1.165) is 77.4 Å². The van der Waals surface area contributed by atoms with Gasteiger partial charge in [0, 0.05) is 91.0 Å². The average Bonchev–Trinajstić information content (AvgIpc) is 3.27. The van der Waals surface area contributed by atoms with Crippen molar-refractivity contribution in [1.82, 2.24) is 29.7 Å². The summed E-state index contributed by atoms with van der Waals surface area (Å²) in [5, 5.41) is 3.97. The molecule has 4 aromatic rings. The van der Waals surface area contributed by atoms with Crippen molar-refractivity contribution in [2.24, 2.45) is 0 Å². The normalized spacial score (nSPS) is 15.0. The van der Waals surface area contributed by atoms with E-state index in [2.05, 4.69) is 89.0 Å². The number of fused-ring (bicyclic) bond motifs is 1. The molecule has 2 N–H and O–H groups in total. The van der Waals surface area contributed by atoms with E-state index in [9.17, 15) is 9.59 Å². The van der Waals surface area contributed by atoms with Crippen LogP contribution in [0.4, 0.5) is 5.82 Å². The number of hydrogen-bond donors (Lipinski definition) is 2. The topological polar surface area (TPSA) is 89.5 Å². The van der Waals surface area contributed by atoms with Crippen LogP contribution in [0.5, 0.6) is 0 Å². The molecule has 1 saturated heterocycles. The lowest BCUT2D eigenvalue weighted by atomic mass is 9.98. The summed E-state index contributed by atoms with van der Waals surface area (Å²) in [5.74, 6) is 0.772. The molecule has 5 rings (SSSR count).